The highest BCUT2D eigenvalue weighted by atomic mass is 16.5. The van der Waals surface area contributed by atoms with Crippen molar-refractivity contribution in [1.29, 1.82) is 0 Å². The van der Waals surface area contributed by atoms with Gasteiger partial charge in [-0.05, 0) is 17.7 Å². The number of hydrogen-bond donors (Lipinski definition) is 0. The van der Waals surface area contributed by atoms with Crippen molar-refractivity contribution < 1.29 is 4.74 Å². The van der Waals surface area contributed by atoms with Crippen LogP contribution in [0.4, 0.5) is 5.95 Å². The van der Waals surface area contributed by atoms with Gasteiger partial charge in [-0.25, -0.2) is 0 Å². The summed E-state index contributed by atoms with van der Waals surface area (Å²) in [5.74, 6) is 0.173. The second-order valence-corrected chi connectivity index (χ2v) is 5.79. The molecule has 0 unspecified atom stereocenters. The van der Waals surface area contributed by atoms with Crippen LogP contribution in [0, 0.1) is 6.57 Å². The molecule has 1 fully saturated rings. The van der Waals surface area contributed by atoms with Crippen LogP contribution < -0.4 is 0 Å². The first-order valence-electron chi connectivity index (χ1n) is 7.96. The van der Waals surface area contributed by atoms with Gasteiger partial charge in [0.1, 0.15) is 0 Å². The molecular weight excluding hydrogens is 302 g/mol. The van der Waals surface area contributed by atoms with Gasteiger partial charge in [-0.15, -0.1) is 11.6 Å². The molecule has 0 amide bonds. The Morgan fingerprint density at radius 3 is 2.62 bits per heavy atom. The standard InChI is InChI=1S/C18H17N5O/c1-19-18-20-17-4-2-3-16(23(17)21-18)15-7-5-14(6-8-15)13-22-9-11-24-12-10-22/h2-8H,9-13H2. The molecule has 3 heterocycles. The molecule has 1 aromatic carbocycles. The Bertz CT molecular complexity index is 888. The second-order valence-electron chi connectivity index (χ2n) is 5.79. The van der Waals surface area contributed by atoms with Gasteiger partial charge in [-0.1, -0.05) is 35.4 Å². The third-order valence-electron chi connectivity index (χ3n) is 4.21. The zero-order valence-corrected chi connectivity index (χ0v) is 13.2. The van der Waals surface area contributed by atoms with Crippen molar-refractivity contribution in [3.05, 3.63) is 59.4 Å². The van der Waals surface area contributed by atoms with Gasteiger partial charge in [0.25, 0.3) is 0 Å². The summed E-state index contributed by atoms with van der Waals surface area (Å²) < 4.78 is 7.11. The number of rotatable bonds is 3. The molecule has 6 nitrogen and oxygen atoms in total. The van der Waals surface area contributed by atoms with E-state index in [0.717, 1.165) is 44.1 Å². The summed E-state index contributed by atoms with van der Waals surface area (Å²) in [6, 6.07) is 14.3. The van der Waals surface area contributed by atoms with Crippen LogP contribution in [-0.2, 0) is 11.3 Å². The zero-order chi connectivity index (χ0) is 16.4. The fourth-order valence-electron chi connectivity index (χ4n) is 2.96. The third-order valence-corrected chi connectivity index (χ3v) is 4.21. The molecule has 0 spiro atoms. The van der Waals surface area contributed by atoms with Crippen molar-refractivity contribution in [2.24, 2.45) is 0 Å². The van der Waals surface area contributed by atoms with Crippen molar-refractivity contribution in [2.75, 3.05) is 26.3 Å². The van der Waals surface area contributed by atoms with E-state index in [1.165, 1.54) is 5.56 Å². The highest BCUT2D eigenvalue weighted by molar-refractivity contribution is 5.64. The topological polar surface area (TPSA) is 47.0 Å². The molecule has 24 heavy (non-hydrogen) atoms. The number of ether oxygens (including phenoxy) is 1. The minimum Gasteiger partial charge on any atom is -0.393 e. The second kappa shape index (κ2) is 6.40. The Labute approximate surface area is 140 Å². The highest BCUT2D eigenvalue weighted by Gasteiger charge is 2.13. The van der Waals surface area contributed by atoms with Crippen LogP contribution in [0.2, 0.25) is 0 Å². The molecule has 0 saturated carbocycles. The van der Waals surface area contributed by atoms with Crippen LogP contribution in [-0.4, -0.2) is 45.8 Å². The Balaban J connectivity index is 1.61. The fourth-order valence-corrected chi connectivity index (χ4v) is 2.96. The number of fused-ring (bicyclic) bond motifs is 1. The van der Waals surface area contributed by atoms with Crippen LogP contribution in [0.1, 0.15) is 5.56 Å². The van der Waals surface area contributed by atoms with Gasteiger partial charge < -0.3 is 9.58 Å². The van der Waals surface area contributed by atoms with Gasteiger partial charge in [-0.2, -0.15) is 4.52 Å². The van der Waals surface area contributed by atoms with E-state index >= 15 is 0 Å². The first-order chi connectivity index (χ1) is 11.8. The van der Waals surface area contributed by atoms with Crippen LogP contribution in [0.5, 0.6) is 0 Å². The van der Waals surface area contributed by atoms with Crippen molar-refractivity contribution in [3.8, 4) is 11.3 Å². The fraction of sp³-hybridized carbons (Fsp3) is 0.278. The van der Waals surface area contributed by atoms with Crippen molar-refractivity contribution in [3.63, 3.8) is 0 Å². The number of pyridine rings is 1. The Kier molecular flexibility index (Phi) is 3.95. The summed E-state index contributed by atoms with van der Waals surface area (Å²) in [6.45, 7) is 11.6. The van der Waals surface area contributed by atoms with Crippen LogP contribution >= 0.6 is 0 Å². The quantitative estimate of drug-likeness (QED) is 0.697. The lowest BCUT2D eigenvalue weighted by atomic mass is 10.1. The SMILES string of the molecule is [C-]#[N+]c1nc2cccc(-c3ccc(CN4CCOCC4)cc3)n2n1. The molecule has 0 atom stereocenters. The minimum absolute atomic E-state index is 0.173. The van der Waals surface area contributed by atoms with Crippen LogP contribution in [0.3, 0.4) is 0 Å². The van der Waals surface area contributed by atoms with Gasteiger partial charge >= 0.3 is 5.95 Å². The maximum atomic E-state index is 7.07. The monoisotopic (exact) mass is 319 g/mol. The molecule has 3 aromatic rings. The zero-order valence-electron chi connectivity index (χ0n) is 13.2. The Morgan fingerprint density at radius 2 is 1.88 bits per heavy atom. The number of aromatic nitrogens is 3. The number of nitrogens with zero attached hydrogens (tertiary/aromatic N) is 5. The predicted octanol–water partition coefficient (Wildman–Crippen LogP) is 2.78. The molecule has 6 heteroatoms. The smallest absolute Gasteiger partial charge is 0.393 e. The summed E-state index contributed by atoms with van der Waals surface area (Å²) >= 11 is 0. The lowest BCUT2D eigenvalue weighted by Gasteiger charge is -2.26. The molecular formula is C18H17N5O. The van der Waals surface area contributed by atoms with Gasteiger partial charge in [0.05, 0.1) is 18.9 Å². The lowest BCUT2D eigenvalue weighted by Crippen LogP contribution is -2.35. The average molecular weight is 319 g/mol. The van der Waals surface area contributed by atoms with Crippen molar-refractivity contribution in [1.82, 2.24) is 19.5 Å². The summed E-state index contributed by atoms with van der Waals surface area (Å²) in [5, 5.41) is 4.25. The predicted molar refractivity (Wildman–Crippen MR) is 90.8 cm³/mol. The van der Waals surface area contributed by atoms with Gasteiger partial charge in [0, 0.05) is 25.2 Å². The van der Waals surface area contributed by atoms with Gasteiger partial charge in [0.15, 0.2) is 0 Å². The maximum Gasteiger partial charge on any atom is 0.394 e. The number of morpholine rings is 1. The summed E-state index contributed by atoms with van der Waals surface area (Å²) in [4.78, 5) is 9.91. The molecule has 0 aliphatic carbocycles. The third kappa shape index (κ3) is 2.87. The van der Waals surface area contributed by atoms with Crippen LogP contribution in [0.25, 0.3) is 21.7 Å². The van der Waals surface area contributed by atoms with Crippen molar-refractivity contribution in [2.45, 2.75) is 6.54 Å². The summed E-state index contributed by atoms with van der Waals surface area (Å²) in [5.41, 5.74) is 3.98. The van der Waals surface area contributed by atoms with E-state index < -0.39 is 0 Å². The molecule has 1 saturated heterocycles. The lowest BCUT2D eigenvalue weighted by molar-refractivity contribution is 0.0342. The van der Waals surface area contributed by atoms with E-state index in [9.17, 15) is 0 Å². The Hall–Kier alpha value is -2.75. The molecule has 1 aliphatic rings. The number of benzene rings is 1. The minimum atomic E-state index is 0.173. The average Bonchev–Trinajstić information content (AvgIpc) is 3.07. The molecule has 4 rings (SSSR count). The Morgan fingerprint density at radius 1 is 1.08 bits per heavy atom. The first kappa shape index (κ1) is 14.8. The van der Waals surface area contributed by atoms with E-state index in [1.807, 2.05) is 18.2 Å². The largest absolute Gasteiger partial charge is 0.394 e. The molecule has 0 bridgehead atoms. The highest BCUT2D eigenvalue weighted by Crippen LogP contribution is 2.22. The van der Waals surface area contributed by atoms with E-state index in [1.54, 1.807) is 4.52 Å². The van der Waals surface area contributed by atoms with E-state index in [-0.39, 0.29) is 5.95 Å². The molecule has 1 aliphatic heterocycles. The number of hydrogen-bond acceptors (Lipinski definition) is 4. The van der Waals surface area contributed by atoms with Crippen molar-refractivity contribution >= 4 is 11.6 Å². The first-order valence-corrected chi connectivity index (χ1v) is 7.96. The normalized spacial score (nSPS) is 15.5. The molecule has 0 radical (unpaired) electrons. The summed E-state index contributed by atoms with van der Waals surface area (Å²) in [6.07, 6.45) is 0. The van der Waals surface area contributed by atoms with Crippen LogP contribution in [0.15, 0.2) is 42.5 Å². The maximum absolute atomic E-state index is 7.07. The molecule has 0 N–H and O–H groups in total. The summed E-state index contributed by atoms with van der Waals surface area (Å²) in [7, 11) is 0. The van der Waals surface area contributed by atoms with E-state index in [0.29, 0.717) is 5.65 Å². The molecule has 120 valence electrons. The van der Waals surface area contributed by atoms with E-state index in [4.69, 9.17) is 11.3 Å². The molecule has 2 aromatic heterocycles. The van der Waals surface area contributed by atoms with Gasteiger partial charge in [0.2, 0.25) is 5.65 Å². The van der Waals surface area contributed by atoms with Gasteiger partial charge in [-0.3, -0.25) is 4.90 Å². The van der Waals surface area contributed by atoms with E-state index in [2.05, 4.69) is 44.1 Å².